The van der Waals surface area contributed by atoms with Crippen molar-refractivity contribution in [2.24, 2.45) is 0 Å². The van der Waals surface area contributed by atoms with Crippen molar-refractivity contribution in [3.05, 3.63) is 48.6 Å². The normalized spacial score (nSPS) is 10.7. The minimum atomic E-state index is -1.16. The minimum Gasteiger partial charge on any atom is -0.550 e. The van der Waals surface area contributed by atoms with Crippen LogP contribution >= 0.6 is 0 Å². The molecule has 0 saturated heterocycles. The molecule has 14 heteroatoms. The molecule has 0 spiro atoms. The van der Waals surface area contributed by atoms with Gasteiger partial charge in [0, 0.05) is 34.7 Å². The van der Waals surface area contributed by atoms with Crippen molar-refractivity contribution in [1.29, 1.82) is 0 Å². The molecular weight excluding hydrogens is 592 g/mol. The number of carbonyl (C=O) groups excluding carboxylic acids is 5. The Hall–Kier alpha value is -4.30. The SMILES string of the molecule is C=C(C)C(=O)OCC[N+](C)(CCOC(=O)C(=C)C)CC(=O)O.C=C(C)C(=O)OCC[N+](C)(CCOC(=O)C(=C)C)CCC(=O)[O-]. The number of ether oxygens (including phenoxy) is 4. The lowest BCUT2D eigenvalue weighted by molar-refractivity contribution is -0.909. The Labute approximate surface area is 265 Å². The second kappa shape index (κ2) is 21.4. The average molecular weight is 642 g/mol. The average Bonchev–Trinajstić information content (AvgIpc) is 2.91. The molecule has 0 aliphatic rings. The zero-order chi connectivity index (χ0) is 35.4. The number of nitrogens with zero attached hydrogens (tertiary/aromatic N) is 2. The summed E-state index contributed by atoms with van der Waals surface area (Å²) in [6.45, 7) is 21.9. The fourth-order valence-corrected chi connectivity index (χ4v) is 3.22. The number of aliphatic carboxylic acids is 2. The van der Waals surface area contributed by atoms with E-state index in [1.807, 2.05) is 0 Å². The summed E-state index contributed by atoms with van der Waals surface area (Å²) in [5.41, 5.74) is 1.15. The number of esters is 4. The summed E-state index contributed by atoms with van der Waals surface area (Å²) >= 11 is 0. The topological polar surface area (TPSA) is 183 Å². The van der Waals surface area contributed by atoms with E-state index >= 15 is 0 Å². The first-order valence-corrected chi connectivity index (χ1v) is 14.0. The van der Waals surface area contributed by atoms with E-state index in [0.717, 1.165) is 0 Å². The highest BCUT2D eigenvalue weighted by molar-refractivity contribution is 5.88. The Morgan fingerprint density at radius 1 is 0.556 bits per heavy atom. The molecule has 0 radical (unpaired) electrons. The van der Waals surface area contributed by atoms with Gasteiger partial charge in [-0.15, -0.1) is 0 Å². The van der Waals surface area contributed by atoms with Crippen LogP contribution in [0.3, 0.4) is 0 Å². The monoisotopic (exact) mass is 641 g/mol. The summed E-state index contributed by atoms with van der Waals surface area (Å²) in [5, 5.41) is 19.7. The molecule has 14 nitrogen and oxygen atoms in total. The lowest BCUT2D eigenvalue weighted by Crippen LogP contribution is -2.51. The van der Waals surface area contributed by atoms with Gasteiger partial charge < -0.3 is 42.9 Å². The first kappa shape index (κ1) is 42.8. The summed E-state index contributed by atoms with van der Waals surface area (Å²) in [7, 11) is 3.49. The maximum atomic E-state index is 11.4. The summed E-state index contributed by atoms with van der Waals surface area (Å²) in [6, 6.07) is 0. The summed E-state index contributed by atoms with van der Waals surface area (Å²) in [5.74, 6) is -4.17. The van der Waals surface area contributed by atoms with Crippen molar-refractivity contribution in [1.82, 2.24) is 0 Å². The van der Waals surface area contributed by atoms with Crippen molar-refractivity contribution < 1.29 is 66.9 Å². The predicted molar refractivity (Wildman–Crippen MR) is 162 cm³/mol. The molecule has 0 saturated carbocycles. The number of carboxylic acid groups (broad SMARTS) is 2. The Morgan fingerprint density at radius 2 is 0.822 bits per heavy atom. The van der Waals surface area contributed by atoms with Crippen molar-refractivity contribution in [2.75, 3.05) is 79.8 Å². The molecule has 0 fully saturated rings. The van der Waals surface area contributed by atoms with Gasteiger partial charge in [0.25, 0.3) is 0 Å². The maximum absolute atomic E-state index is 11.4. The van der Waals surface area contributed by atoms with E-state index in [9.17, 15) is 33.9 Å². The Morgan fingerprint density at radius 3 is 1.04 bits per heavy atom. The molecule has 0 aromatic carbocycles. The van der Waals surface area contributed by atoms with Crippen LogP contribution in [0.5, 0.6) is 0 Å². The van der Waals surface area contributed by atoms with E-state index in [1.165, 1.54) is 13.8 Å². The molecule has 0 amide bonds. The molecule has 0 bridgehead atoms. The minimum absolute atomic E-state index is 0.0594. The first-order chi connectivity index (χ1) is 20.6. The van der Waals surface area contributed by atoms with Gasteiger partial charge in [-0.2, -0.15) is 0 Å². The molecule has 1 N–H and O–H groups in total. The third-order valence-electron chi connectivity index (χ3n) is 6.22. The summed E-state index contributed by atoms with van der Waals surface area (Å²) in [4.78, 5) is 67.0. The molecule has 0 atom stereocenters. The van der Waals surface area contributed by atoms with Crippen molar-refractivity contribution in [2.45, 2.75) is 34.1 Å². The molecule has 45 heavy (non-hydrogen) atoms. The van der Waals surface area contributed by atoms with E-state index in [-0.39, 0.29) is 79.1 Å². The summed E-state index contributed by atoms with van der Waals surface area (Å²) < 4.78 is 20.4. The molecule has 0 heterocycles. The van der Waals surface area contributed by atoms with Gasteiger partial charge in [0.2, 0.25) is 0 Å². The van der Waals surface area contributed by atoms with Crippen molar-refractivity contribution in [3.8, 4) is 0 Å². The van der Waals surface area contributed by atoms with Crippen LogP contribution in [0.15, 0.2) is 48.6 Å². The number of hydrogen-bond acceptors (Lipinski definition) is 11. The predicted octanol–water partition coefficient (Wildman–Crippen LogP) is 0.568. The van der Waals surface area contributed by atoms with Crippen LogP contribution in [0.1, 0.15) is 34.1 Å². The summed E-state index contributed by atoms with van der Waals surface area (Å²) in [6.07, 6.45) is -0.140. The van der Waals surface area contributed by atoms with Crippen LogP contribution in [-0.4, -0.2) is 130 Å². The fourth-order valence-electron chi connectivity index (χ4n) is 3.22. The van der Waals surface area contributed by atoms with Gasteiger partial charge in [0.1, 0.15) is 52.6 Å². The molecule has 0 aromatic rings. The van der Waals surface area contributed by atoms with Gasteiger partial charge >= 0.3 is 29.8 Å². The zero-order valence-electron chi connectivity index (χ0n) is 27.4. The van der Waals surface area contributed by atoms with Gasteiger partial charge in [-0.25, -0.2) is 24.0 Å². The third kappa shape index (κ3) is 22.0. The lowest BCUT2D eigenvalue weighted by Gasteiger charge is -2.34. The molecule has 0 aliphatic heterocycles. The van der Waals surface area contributed by atoms with Crippen LogP contribution in [0, 0.1) is 0 Å². The van der Waals surface area contributed by atoms with E-state index in [4.69, 9.17) is 24.1 Å². The van der Waals surface area contributed by atoms with Crippen molar-refractivity contribution >= 4 is 35.8 Å². The van der Waals surface area contributed by atoms with Gasteiger partial charge in [-0.05, 0) is 27.7 Å². The second-order valence-electron chi connectivity index (χ2n) is 11.2. The number of carbonyl (C=O) groups is 6. The van der Waals surface area contributed by atoms with Crippen LogP contribution in [-0.2, 0) is 47.7 Å². The number of rotatable bonds is 21. The van der Waals surface area contributed by atoms with Crippen LogP contribution in [0.25, 0.3) is 0 Å². The van der Waals surface area contributed by atoms with E-state index in [2.05, 4.69) is 26.3 Å². The van der Waals surface area contributed by atoms with E-state index in [1.54, 1.807) is 27.9 Å². The zero-order valence-corrected chi connectivity index (χ0v) is 27.4. The largest absolute Gasteiger partial charge is 0.550 e. The highest BCUT2D eigenvalue weighted by Crippen LogP contribution is 2.07. The van der Waals surface area contributed by atoms with Gasteiger partial charge in [-0.3, -0.25) is 0 Å². The van der Waals surface area contributed by atoms with Crippen LogP contribution < -0.4 is 5.11 Å². The maximum Gasteiger partial charge on any atom is 0.359 e. The highest BCUT2D eigenvalue weighted by atomic mass is 16.5. The number of likely N-dealkylation sites (N-methyl/N-ethyl adjacent to an activating group) is 2. The molecular formula is C31H49N2O12+. The second-order valence-corrected chi connectivity index (χ2v) is 11.2. The number of quaternary nitrogens is 2. The van der Waals surface area contributed by atoms with Gasteiger partial charge in [0.15, 0.2) is 6.54 Å². The standard InChI is InChI=1S/C16H25NO6.C15H23NO6/c1-12(2)15(20)22-10-8-17(5,7-6-14(18)19)9-11-23-16(21)13(3)4;1-11(2)14(19)21-8-6-16(5,10-13(17)18)7-9-22-15(20)12(3)4/h1,3,6-11H2,2,4-5H3;1,3,6-10H2,2,4-5H3/p+1. The van der Waals surface area contributed by atoms with Gasteiger partial charge in [0.05, 0.1) is 20.6 Å². The third-order valence-corrected chi connectivity index (χ3v) is 6.22. The quantitative estimate of drug-likeness (QED) is 0.0797. The van der Waals surface area contributed by atoms with Crippen LogP contribution in [0.4, 0.5) is 0 Å². The van der Waals surface area contributed by atoms with E-state index < -0.39 is 35.8 Å². The highest BCUT2D eigenvalue weighted by Gasteiger charge is 2.26. The van der Waals surface area contributed by atoms with Crippen LogP contribution in [0.2, 0.25) is 0 Å². The van der Waals surface area contributed by atoms with E-state index in [0.29, 0.717) is 24.2 Å². The molecule has 0 aromatic heterocycles. The Balaban J connectivity index is 0. The number of hydrogen-bond donors (Lipinski definition) is 1. The number of carboxylic acids is 2. The lowest BCUT2D eigenvalue weighted by atomic mass is 10.3. The van der Waals surface area contributed by atoms with Crippen molar-refractivity contribution in [3.63, 3.8) is 0 Å². The molecule has 254 valence electrons. The molecule has 0 unspecified atom stereocenters. The smallest absolute Gasteiger partial charge is 0.359 e. The van der Waals surface area contributed by atoms with Gasteiger partial charge in [-0.1, -0.05) is 26.3 Å². The molecule has 0 rings (SSSR count). The fraction of sp³-hybridized carbons (Fsp3) is 0.548. The first-order valence-electron chi connectivity index (χ1n) is 14.0. The molecule has 0 aliphatic carbocycles. The Kier molecular flexibility index (Phi) is 20.4. The Bertz CT molecular complexity index is 1060.